The second kappa shape index (κ2) is 4.26. The lowest BCUT2D eigenvalue weighted by molar-refractivity contribution is 0.641. The Hall–Kier alpha value is -1.63. The lowest BCUT2D eigenvalue weighted by Crippen LogP contribution is -2.09. The Labute approximate surface area is 90.9 Å². The van der Waals surface area contributed by atoms with E-state index in [-0.39, 0.29) is 5.95 Å². The smallest absolute Gasteiger partial charge is 0.224 e. The fourth-order valence-corrected chi connectivity index (χ4v) is 1.50. The van der Waals surface area contributed by atoms with Crippen molar-refractivity contribution in [3.8, 4) is 0 Å². The number of aromatic nitrogens is 5. The normalized spacial score (nSPS) is 10.5. The van der Waals surface area contributed by atoms with Crippen LogP contribution in [0.25, 0.3) is 0 Å². The Bertz CT molecular complexity index is 440. The standard InChI is InChI=1S/C8H10N6S/c1-15-8-12-6(11-7(9)13-8)5-14-4-2-3-10-14/h2-4H,5H2,1H3,(H2,9,11,12,13). The SMILES string of the molecule is CSc1nc(N)nc(Cn2cccn2)n1. The van der Waals surface area contributed by atoms with Gasteiger partial charge in [0.15, 0.2) is 11.0 Å². The van der Waals surface area contributed by atoms with E-state index in [1.807, 2.05) is 18.5 Å². The predicted molar refractivity (Wildman–Crippen MR) is 57.3 cm³/mol. The summed E-state index contributed by atoms with van der Waals surface area (Å²) in [6.45, 7) is 0.507. The molecule has 0 unspecified atom stereocenters. The van der Waals surface area contributed by atoms with Crippen LogP contribution in [0, 0.1) is 0 Å². The summed E-state index contributed by atoms with van der Waals surface area (Å²) in [5.74, 6) is 0.868. The summed E-state index contributed by atoms with van der Waals surface area (Å²) in [5, 5.41) is 4.69. The molecule has 0 aromatic carbocycles. The summed E-state index contributed by atoms with van der Waals surface area (Å²) in [6.07, 6.45) is 5.45. The molecule has 0 amide bonds. The summed E-state index contributed by atoms with van der Waals surface area (Å²) < 4.78 is 1.74. The van der Waals surface area contributed by atoms with Gasteiger partial charge in [-0.3, -0.25) is 4.68 Å². The lowest BCUT2D eigenvalue weighted by Gasteiger charge is -2.02. The van der Waals surface area contributed by atoms with Crippen molar-refractivity contribution in [2.24, 2.45) is 0 Å². The molecule has 2 aromatic rings. The maximum atomic E-state index is 5.56. The summed E-state index contributed by atoms with van der Waals surface area (Å²) in [7, 11) is 0. The highest BCUT2D eigenvalue weighted by Gasteiger charge is 2.04. The summed E-state index contributed by atoms with van der Waals surface area (Å²) in [6, 6.07) is 1.85. The van der Waals surface area contributed by atoms with Gasteiger partial charge in [0.1, 0.15) is 6.54 Å². The van der Waals surface area contributed by atoms with Crippen LogP contribution in [0.2, 0.25) is 0 Å². The third kappa shape index (κ3) is 2.44. The molecule has 0 atom stereocenters. The highest BCUT2D eigenvalue weighted by molar-refractivity contribution is 7.98. The fraction of sp³-hybridized carbons (Fsp3) is 0.250. The molecule has 0 radical (unpaired) electrons. The first-order valence-electron chi connectivity index (χ1n) is 4.30. The Balaban J connectivity index is 2.24. The van der Waals surface area contributed by atoms with Gasteiger partial charge in [0.05, 0.1) is 0 Å². The minimum Gasteiger partial charge on any atom is -0.368 e. The maximum Gasteiger partial charge on any atom is 0.224 e. The van der Waals surface area contributed by atoms with Crippen molar-refractivity contribution in [1.29, 1.82) is 0 Å². The molecule has 0 bridgehead atoms. The molecule has 0 saturated heterocycles. The van der Waals surface area contributed by atoms with Crippen molar-refractivity contribution in [3.63, 3.8) is 0 Å². The van der Waals surface area contributed by atoms with E-state index in [1.165, 1.54) is 11.8 Å². The van der Waals surface area contributed by atoms with Gasteiger partial charge in [-0.15, -0.1) is 0 Å². The van der Waals surface area contributed by atoms with Crippen LogP contribution < -0.4 is 5.73 Å². The first-order chi connectivity index (χ1) is 7.28. The van der Waals surface area contributed by atoms with Crippen LogP contribution in [0.1, 0.15) is 5.82 Å². The van der Waals surface area contributed by atoms with E-state index in [0.717, 1.165) is 0 Å². The Morgan fingerprint density at radius 2 is 2.27 bits per heavy atom. The van der Waals surface area contributed by atoms with Gasteiger partial charge in [0.25, 0.3) is 0 Å². The van der Waals surface area contributed by atoms with Gasteiger partial charge in [-0.1, -0.05) is 11.8 Å². The summed E-state index contributed by atoms with van der Waals surface area (Å²) in [4.78, 5) is 12.2. The molecule has 0 spiro atoms. The molecule has 2 N–H and O–H groups in total. The Morgan fingerprint density at radius 3 is 2.93 bits per heavy atom. The third-order valence-electron chi connectivity index (χ3n) is 1.72. The minimum absolute atomic E-state index is 0.247. The second-order valence-electron chi connectivity index (χ2n) is 2.80. The van der Waals surface area contributed by atoms with Crippen LogP contribution in [-0.4, -0.2) is 31.0 Å². The van der Waals surface area contributed by atoms with Crippen LogP contribution in [0.4, 0.5) is 5.95 Å². The number of anilines is 1. The summed E-state index contributed by atoms with van der Waals surface area (Å²) >= 11 is 1.44. The van der Waals surface area contributed by atoms with Gasteiger partial charge in [-0.2, -0.15) is 15.1 Å². The van der Waals surface area contributed by atoms with Gasteiger partial charge < -0.3 is 5.73 Å². The number of hydrogen-bond donors (Lipinski definition) is 1. The monoisotopic (exact) mass is 222 g/mol. The van der Waals surface area contributed by atoms with Gasteiger partial charge in [-0.05, 0) is 12.3 Å². The quantitative estimate of drug-likeness (QED) is 0.758. The van der Waals surface area contributed by atoms with Crippen molar-refractivity contribution in [3.05, 3.63) is 24.3 Å². The zero-order chi connectivity index (χ0) is 10.7. The molecule has 0 fully saturated rings. The Kier molecular flexibility index (Phi) is 2.82. The van der Waals surface area contributed by atoms with Crippen molar-refractivity contribution in [1.82, 2.24) is 24.7 Å². The molecule has 15 heavy (non-hydrogen) atoms. The van der Waals surface area contributed by atoms with Crippen LogP contribution in [-0.2, 0) is 6.54 Å². The average Bonchev–Trinajstić information content (AvgIpc) is 2.69. The van der Waals surface area contributed by atoms with Gasteiger partial charge in [0.2, 0.25) is 5.95 Å². The van der Waals surface area contributed by atoms with Crippen molar-refractivity contribution in [2.75, 3.05) is 12.0 Å². The first-order valence-corrected chi connectivity index (χ1v) is 5.52. The molecule has 2 heterocycles. The maximum absolute atomic E-state index is 5.56. The van der Waals surface area contributed by atoms with E-state index in [2.05, 4.69) is 20.1 Å². The van der Waals surface area contributed by atoms with E-state index in [0.29, 0.717) is 17.5 Å². The number of nitrogens with two attached hydrogens (primary N) is 1. The van der Waals surface area contributed by atoms with Crippen LogP contribution in [0.15, 0.2) is 23.6 Å². The second-order valence-corrected chi connectivity index (χ2v) is 3.57. The van der Waals surface area contributed by atoms with E-state index < -0.39 is 0 Å². The van der Waals surface area contributed by atoms with Gasteiger partial charge in [0, 0.05) is 12.4 Å². The molecule has 7 heteroatoms. The van der Waals surface area contributed by atoms with Crippen LogP contribution in [0.5, 0.6) is 0 Å². The predicted octanol–water partition coefficient (Wildman–Crippen LogP) is 0.420. The summed E-state index contributed by atoms with van der Waals surface area (Å²) in [5.41, 5.74) is 5.56. The number of nitrogens with zero attached hydrogens (tertiary/aromatic N) is 5. The van der Waals surface area contributed by atoms with E-state index in [4.69, 9.17) is 5.73 Å². The van der Waals surface area contributed by atoms with E-state index in [9.17, 15) is 0 Å². The zero-order valence-corrected chi connectivity index (χ0v) is 8.98. The molecule has 78 valence electrons. The van der Waals surface area contributed by atoms with E-state index in [1.54, 1.807) is 10.9 Å². The highest BCUT2D eigenvalue weighted by Crippen LogP contribution is 2.09. The largest absolute Gasteiger partial charge is 0.368 e. The lowest BCUT2D eigenvalue weighted by atomic mass is 10.6. The minimum atomic E-state index is 0.247. The fourth-order valence-electron chi connectivity index (χ4n) is 1.12. The molecule has 2 rings (SSSR count). The third-order valence-corrected chi connectivity index (χ3v) is 2.27. The number of hydrogen-bond acceptors (Lipinski definition) is 6. The van der Waals surface area contributed by atoms with Crippen LogP contribution in [0.3, 0.4) is 0 Å². The molecule has 0 saturated carbocycles. The molecule has 0 aliphatic rings. The number of rotatable bonds is 3. The average molecular weight is 222 g/mol. The first kappa shape index (κ1) is 9.91. The Morgan fingerprint density at radius 1 is 1.40 bits per heavy atom. The van der Waals surface area contributed by atoms with E-state index >= 15 is 0 Å². The molecular formula is C8H10N6S. The number of thioether (sulfide) groups is 1. The van der Waals surface area contributed by atoms with Crippen molar-refractivity contribution < 1.29 is 0 Å². The number of nitrogen functional groups attached to an aromatic ring is 1. The molecule has 0 aliphatic heterocycles. The molecule has 6 nitrogen and oxygen atoms in total. The highest BCUT2D eigenvalue weighted by atomic mass is 32.2. The molecular weight excluding hydrogens is 212 g/mol. The van der Waals surface area contributed by atoms with Gasteiger partial charge >= 0.3 is 0 Å². The van der Waals surface area contributed by atoms with Crippen LogP contribution >= 0.6 is 11.8 Å². The van der Waals surface area contributed by atoms with Crippen molar-refractivity contribution >= 4 is 17.7 Å². The van der Waals surface area contributed by atoms with Crippen molar-refractivity contribution in [2.45, 2.75) is 11.7 Å². The van der Waals surface area contributed by atoms with Gasteiger partial charge in [-0.25, -0.2) is 4.98 Å². The molecule has 2 aromatic heterocycles. The molecule has 0 aliphatic carbocycles. The zero-order valence-electron chi connectivity index (χ0n) is 8.16. The topological polar surface area (TPSA) is 82.5 Å².